The lowest BCUT2D eigenvalue weighted by Gasteiger charge is -2.27. The van der Waals surface area contributed by atoms with E-state index in [9.17, 15) is 14.0 Å². The van der Waals surface area contributed by atoms with Crippen molar-refractivity contribution in [2.24, 2.45) is 5.10 Å². The van der Waals surface area contributed by atoms with Crippen molar-refractivity contribution in [2.75, 3.05) is 33.9 Å². The molecule has 1 aliphatic rings. The number of carbonyl (C=O) groups excluding carboxylic acids is 2. The van der Waals surface area contributed by atoms with Crippen molar-refractivity contribution in [3.8, 4) is 5.75 Å². The minimum absolute atomic E-state index is 0.169. The fraction of sp³-hybridized carbons (Fsp3) is 0.276. The van der Waals surface area contributed by atoms with Crippen LogP contribution in [0.4, 0.5) is 4.39 Å². The van der Waals surface area contributed by atoms with Gasteiger partial charge in [0.05, 0.1) is 25.5 Å². The van der Waals surface area contributed by atoms with E-state index < -0.39 is 11.7 Å². The van der Waals surface area contributed by atoms with E-state index in [0.717, 1.165) is 34.2 Å². The average Bonchev–Trinajstić information content (AvgIpc) is 3.36. The van der Waals surface area contributed by atoms with Crippen molar-refractivity contribution in [2.45, 2.75) is 19.4 Å². The summed E-state index contributed by atoms with van der Waals surface area (Å²) in [5, 5.41) is 6.17. The molecule has 3 aromatic carbocycles. The highest BCUT2D eigenvalue weighted by molar-refractivity contribution is 6.03. The Morgan fingerprint density at radius 3 is 2.43 bits per heavy atom. The van der Waals surface area contributed by atoms with E-state index in [0.29, 0.717) is 6.42 Å². The summed E-state index contributed by atoms with van der Waals surface area (Å²) in [5.41, 5.74) is 3.89. The monoisotopic (exact) mass is 503 g/mol. The molecular formula is C29H30FN3O4. The third-order valence-electron chi connectivity index (χ3n) is 6.30. The second-order valence-corrected chi connectivity index (χ2v) is 8.87. The molecule has 0 bridgehead atoms. The third-order valence-corrected chi connectivity index (χ3v) is 6.30. The highest BCUT2D eigenvalue weighted by Gasteiger charge is 2.34. The van der Waals surface area contributed by atoms with Gasteiger partial charge >= 0.3 is 0 Å². The number of halogens is 1. The number of carbonyl (C=O) groups is 2. The summed E-state index contributed by atoms with van der Waals surface area (Å²) >= 11 is 0. The molecule has 0 radical (unpaired) electrons. The van der Waals surface area contributed by atoms with Gasteiger partial charge in [0.25, 0.3) is 11.8 Å². The van der Waals surface area contributed by atoms with E-state index in [1.165, 1.54) is 35.2 Å². The Labute approximate surface area is 216 Å². The highest BCUT2D eigenvalue weighted by Crippen LogP contribution is 2.33. The van der Waals surface area contributed by atoms with Gasteiger partial charge < -0.3 is 14.4 Å². The standard InChI is InChI=1S/C29H30FN3O4/c1-20-7-9-22(10-8-20)27-18-26(21-11-13-25(37-3)14-12-21)31-33(27)28(34)19-32(15-16-36-2)29(35)23-5-4-6-24(30)17-23/h4-14,17,27H,15-16,18-19H2,1-3H3. The normalized spacial score (nSPS) is 14.9. The molecule has 192 valence electrons. The summed E-state index contributed by atoms with van der Waals surface area (Å²) in [4.78, 5) is 28.2. The maximum absolute atomic E-state index is 13.8. The van der Waals surface area contributed by atoms with Gasteiger partial charge in [-0.1, -0.05) is 35.9 Å². The average molecular weight is 504 g/mol. The minimum Gasteiger partial charge on any atom is -0.497 e. The number of rotatable bonds is 9. The SMILES string of the molecule is COCCN(CC(=O)N1N=C(c2ccc(OC)cc2)CC1c1ccc(C)cc1)C(=O)c1cccc(F)c1. The largest absolute Gasteiger partial charge is 0.497 e. The first-order valence-electron chi connectivity index (χ1n) is 12.0. The van der Waals surface area contributed by atoms with Gasteiger partial charge in [-0.15, -0.1) is 0 Å². The molecule has 8 heteroatoms. The van der Waals surface area contributed by atoms with Crippen LogP contribution in [0.2, 0.25) is 0 Å². The molecule has 1 aliphatic heterocycles. The first-order chi connectivity index (χ1) is 17.9. The molecule has 3 aromatic rings. The van der Waals surface area contributed by atoms with E-state index in [4.69, 9.17) is 14.6 Å². The van der Waals surface area contributed by atoms with Crippen LogP contribution < -0.4 is 4.74 Å². The topological polar surface area (TPSA) is 71.4 Å². The Bertz CT molecular complexity index is 1280. The van der Waals surface area contributed by atoms with E-state index in [2.05, 4.69) is 0 Å². The predicted molar refractivity (Wildman–Crippen MR) is 139 cm³/mol. The molecule has 1 heterocycles. The lowest BCUT2D eigenvalue weighted by molar-refractivity contribution is -0.133. The number of methoxy groups -OCH3 is 2. The fourth-order valence-corrected chi connectivity index (χ4v) is 4.24. The van der Waals surface area contributed by atoms with Crippen LogP contribution >= 0.6 is 0 Å². The van der Waals surface area contributed by atoms with E-state index in [1.807, 2.05) is 55.5 Å². The van der Waals surface area contributed by atoms with Crippen molar-refractivity contribution >= 4 is 17.5 Å². The molecule has 37 heavy (non-hydrogen) atoms. The lowest BCUT2D eigenvalue weighted by atomic mass is 9.97. The van der Waals surface area contributed by atoms with Gasteiger partial charge in [-0.3, -0.25) is 9.59 Å². The van der Waals surface area contributed by atoms with Crippen LogP contribution in [-0.2, 0) is 9.53 Å². The summed E-state index contributed by atoms with van der Waals surface area (Å²) in [6.07, 6.45) is 0.525. The Morgan fingerprint density at radius 1 is 1.05 bits per heavy atom. The Kier molecular flexibility index (Phi) is 8.30. The molecule has 1 unspecified atom stereocenters. The number of aryl methyl sites for hydroxylation is 1. The summed E-state index contributed by atoms with van der Waals surface area (Å²) in [6.45, 7) is 2.19. The molecule has 0 aromatic heterocycles. The predicted octanol–water partition coefficient (Wildman–Crippen LogP) is 4.61. The fourth-order valence-electron chi connectivity index (χ4n) is 4.24. The van der Waals surface area contributed by atoms with Gasteiger partial charge in [0, 0.05) is 25.6 Å². The zero-order valence-electron chi connectivity index (χ0n) is 21.2. The maximum Gasteiger partial charge on any atom is 0.262 e. The molecule has 4 rings (SSSR count). The van der Waals surface area contributed by atoms with Crippen LogP contribution in [0.3, 0.4) is 0 Å². The number of hydrogen-bond donors (Lipinski definition) is 0. The summed E-state index contributed by atoms with van der Waals surface area (Å²) in [6, 6.07) is 20.6. The van der Waals surface area contributed by atoms with Gasteiger partial charge in [-0.2, -0.15) is 5.10 Å². The van der Waals surface area contributed by atoms with E-state index in [-0.39, 0.29) is 37.2 Å². The number of ether oxygens (including phenoxy) is 2. The van der Waals surface area contributed by atoms with Gasteiger partial charge in [-0.25, -0.2) is 9.40 Å². The Balaban J connectivity index is 1.62. The zero-order valence-corrected chi connectivity index (χ0v) is 21.2. The first-order valence-corrected chi connectivity index (χ1v) is 12.0. The first kappa shape index (κ1) is 26.0. The molecule has 7 nitrogen and oxygen atoms in total. The molecule has 1 atom stereocenters. The van der Waals surface area contributed by atoms with Crippen LogP contribution in [-0.4, -0.2) is 61.4 Å². The molecular weight excluding hydrogens is 473 g/mol. The van der Waals surface area contributed by atoms with Crippen LogP contribution in [0.25, 0.3) is 0 Å². The van der Waals surface area contributed by atoms with Crippen molar-refractivity contribution in [1.82, 2.24) is 9.91 Å². The van der Waals surface area contributed by atoms with Gasteiger partial charge in [-0.05, 0) is 60.5 Å². The molecule has 0 N–H and O–H groups in total. The molecule has 0 aliphatic carbocycles. The van der Waals surface area contributed by atoms with Gasteiger partial charge in [0.1, 0.15) is 18.1 Å². The number of amides is 2. The van der Waals surface area contributed by atoms with Crippen LogP contribution in [0.15, 0.2) is 77.9 Å². The smallest absolute Gasteiger partial charge is 0.262 e. The summed E-state index contributed by atoms with van der Waals surface area (Å²) in [7, 11) is 3.13. The second kappa shape index (κ2) is 11.8. The summed E-state index contributed by atoms with van der Waals surface area (Å²) < 4.78 is 24.2. The lowest BCUT2D eigenvalue weighted by Crippen LogP contribution is -2.42. The number of hydrazone groups is 1. The van der Waals surface area contributed by atoms with Crippen LogP contribution in [0.1, 0.15) is 39.5 Å². The number of benzene rings is 3. The molecule has 2 amide bonds. The van der Waals surface area contributed by atoms with E-state index in [1.54, 1.807) is 7.11 Å². The zero-order chi connectivity index (χ0) is 26.4. The summed E-state index contributed by atoms with van der Waals surface area (Å²) in [5.74, 6) is -0.572. The minimum atomic E-state index is -0.517. The van der Waals surface area contributed by atoms with Crippen molar-refractivity contribution in [3.63, 3.8) is 0 Å². The maximum atomic E-state index is 13.8. The highest BCUT2D eigenvalue weighted by atomic mass is 19.1. The van der Waals surface area contributed by atoms with Crippen LogP contribution in [0.5, 0.6) is 5.75 Å². The molecule has 0 saturated heterocycles. The van der Waals surface area contributed by atoms with Crippen molar-refractivity contribution in [3.05, 3.63) is 101 Å². The molecule has 0 saturated carbocycles. The number of hydrogen-bond acceptors (Lipinski definition) is 5. The van der Waals surface area contributed by atoms with Crippen LogP contribution in [0, 0.1) is 12.7 Å². The van der Waals surface area contributed by atoms with E-state index >= 15 is 0 Å². The Hall–Kier alpha value is -4.04. The Morgan fingerprint density at radius 2 is 1.78 bits per heavy atom. The molecule has 0 fully saturated rings. The molecule has 0 spiro atoms. The number of nitrogens with zero attached hydrogens (tertiary/aromatic N) is 3. The van der Waals surface area contributed by atoms with Crippen molar-refractivity contribution < 1.29 is 23.5 Å². The quantitative estimate of drug-likeness (QED) is 0.428. The van der Waals surface area contributed by atoms with Gasteiger partial charge in [0.15, 0.2) is 0 Å². The van der Waals surface area contributed by atoms with Gasteiger partial charge in [0.2, 0.25) is 0 Å². The third kappa shape index (κ3) is 6.21. The second-order valence-electron chi connectivity index (χ2n) is 8.87. The van der Waals surface area contributed by atoms with Crippen molar-refractivity contribution in [1.29, 1.82) is 0 Å².